The molecule has 1 aliphatic heterocycles. The summed E-state index contributed by atoms with van der Waals surface area (Å²) in [5.74, 6) is -0.0129. The largest absolute Gasteiger partial charge is 0.378 e. The summed E-state index contributed by atoms with van der Waals surface area (Å²) in [6.07, 6.45) is 4.57. The van der Waals surface area contributed by atoms with Gasteiger partial charge in [0.1, 0.15) is 0 Å². The Labute approximate surface area is 131 Å². The van der Waals surface area contributed by atoms with Crippen molar-refractivity contribution in [3.05, 3.63) is 29.8 Å². The molecule has 0 unspecified atom stereocenters. The second kappa shape index (κ2) is 7.94. The van der Waals surface area contributed by atoms with Crippen LogP contribution in [0.3, 0.4) is 0 Å². The van der Waals surface area contributed by atoms with Crippen LogP contribution in [0.15, 0.2) is 24.3 Å². The lowest BCUT2D eigenvalue weighted by Crippen LogP contribution is -2.32. The minimum atomic E-state index is -0.159. The van der Waals surface area contributed by atoms with Crippen LogP contribution in [-0.4, -0.2) is 43.0 Å². The van der Waals surface area contributed by atoms with Gasteiger partial charge in [-0.2, -0.15) is 0 Å². The first-order chi connectivity index (χ1) is 10.6. The number of rotatable bonds is 6. The summed E-state index contributed by atoms with van der Waals surface area (Å²) in [6, 6.07) is 6.82. The van der Waals surface area contributed by atoms with Crippen LogP contribution in [0.4, 0.5) is 10.5 Å². The zero-order chi connectivity index (χ0) is 15.9. The number of nitrogens with zero attached hydrogens (tertiary/aromatic N) is 1. The zero-order valence-electron chi connectivity index (χ0n) is 13.3. The molecule has 0 aliphatic carbocycles. The molecule has 1 fully saturated rings. The molecule has 120 valence electrons. The number of nitrogens with one attached hydrogen (secondary N) is 1. The van der Waals surface area contributed by atoms with Crippen molar-refractivity contribution < 1.29 is 14.3 Å². The molecule has 0 radical (unpaired) electrons. The van der Waals surface area contributed by atoms with E-state index in [9.17, 15) is 9.59 Å². The molecule has 0 saturated carbocycles. The van der Waals surface area contributed by atoms with Crippen LogP contribution < -0.4 is 5.32 Å². The standard InChI is InChI=1S/C17H24N2O3/c1-13(20)14-6-3-7-15(12-14)18-17(21)19(2)10-4-8-16-9-5-11-22-16/h3,6-7,12,16H,4-5,8-11H2,1-2H3,(H,18,21)/t16-/m1/s1. The average molecular weight is 304 g/mol. The van der Waals surface area contributed by atoms with E-state index in [1.807, 2.05) is 0 Å². The van der Waals surface area contributed by atoms with Crippen molar-refractivity contribution in [3.63, 3.8) is 0 Å². The van der Waals surface area contributed by atoms with Crippen LogP contribution in [0.2, 0.25) is 0 Å². The number of carbonyl (C=O) groups excluding carboxylic acids is 2. The number of amides is 2. The van der Waals surface area contributed by atoms with Crippen molar-refractivity contribution in [1.29, 1.82) is 0 Å². The normalized spacial score (nSPS) is 17.3. The van der Waals surface area contributed by atoms with Gasteiger partial charge in [0, 0.05) is 31.5 Å². The van der Waals surface area contributed by atoms with Crippen molar-refractivity contribution in [1.82, 2.24) is 4.90 Å². The van der Waals surface area contributed by atoms with Gasteiger partial charge in [-0.25, -0.2) is 4.79 Å². The molecule has 5 nitrogen and oxygen atoms in total. The fraction of sp³-hybridized carbons (Fsp3) is 0.529. The van der Waals surface area contributed by atoms with E-state index in [1.165, 1.54) is 6.92 Å². The van der Waals surface area contributed by atoms with Crippen molar-refractivity contribution in [3.8, 4) is 0 Å². The summed E-state index contributed by atoms with van der Waals surface area (Å²) in [5, 5.41) is 2.82. The van der Waals surface area contributed by atoms with Crippen molar-refractivity contribution in [2.75, 3.05) is 25.5 Å². The lowest BCUT2D eigenvalue weighted by molar-refractivity contribution is 0.100. The Morgan fingerprint density at radius 2 is 2.23 bits per heavy atom. The fourth-order valence-corrected chi connectivity index (χ4v) is 2.56. The maximum atomic E-state index is 12.1. The first-order valence-electron chi connectivity index (χ1n) is 7.81. The van der Waals surface area contributed by atoms with E-state index in [0.29, 0.717) is 23.9 Å². The maximum Gasteiger partial charge on any atom is 0.321 e. The molecule has 1 aromatic carbocycles. The molecular weight excluding hydrogens is 280 g/mol. The summed E-state index contributed by atoms with van der Waals surface area (Å²) in [4.78, 5) is 25.1. The molecule has 1 saturated heterocycles. The smallest absolute Gasteiger partial charge is 0.321 e. The van der Waals surface area contributed by atoms with Gasteiger partial charge in [0.2, 0.25) is 0 Å². The predicted octanol–water partition coefficient (Wildman–Crippen LogP) is 3.31. The Kier molecular flexibility index (Phi) is 5.95. The first kappa shape index (κ1) is 16.5. The van der Waals surface area contributed by atoms with E-state index in [1.54, 1.807) is 36.2 Å². The SMILES string of the molecule is CC(=O)c1cccc(NC(=O)N(C)CCC[C@@H]2CCCO2)c1. The van der Waals surface area contributed by atoms with E-state index in [0.717, 1.165) is 32.3 Å². The molecule has 0 bridgehead atoms. The lowest BCUT2D eigenvalue weighted by atomic mass is 10.1. The molecule has 1 atom stereocenters. The van der Waals surface area contributed by atoms with Gasteiger partial charge in [0.25, 0.3) is 0 Å². The molecule has 0 aromatic heterocycles. The van der Waals surface area contributed by atoms with Crippen molar-refractivity contribution in [2.24, 2.45) is 0 Å². The highest BCUT2D eigenvalue weighted by Gasteiger charge is 2.16. The van der Waals surface area contributed by atoms with E-state index in [2.05, 4.69) is 5.32 Å². The number of hydrogen-bond acceptors (Lipinski definition) is 3. The van der Waals surface area contributed by atoms with Gasteiger partial charge in [0.05, 0.1) is 6.10 Å². The second-order valence-electron chi connectivity index (χ2n) is 5.77. The quantitative estimate of drug-likeness (QED) is 0.820. The third-order valence-electron chi connectivity index (χ3n) is 3.91. The maximum absolute atomic E-state index is 12.1. The number of anilines is 1. The molecule has 1 heterocycles. The number of ether oxygens (including phenoxy) is 1. The number of benzene rings is 1. The van der Waals surface area contributed by atoms with Gasteiger partial charge >= 0.3 is 6.03 Å². The third kappa shape index (κ3) is 4.84. The van der Waals surface area contributed by atoms with Gasteiger partial charge in [-0.15, -0.1) is 0 Å². The highest BCUT2D eigenvalue weighted by molar-refractivity contribution is 5.96. The molecule has 1 aliphatic rings. The van der Waals surface area contributed by atoms with Gasteiger partial charge in [-0.05, 0) is 44.7 Å². The number of ketones is 1. The summed E-state index contributed by atoms with van der Waals surface area (Å²) in [5.41, 5.74) is 1.24. The highest BCUT2D eigenvalue weighted by Crippen LogP contribution is 2.17. The monoisotopic (exact) mass is 304 g/mol. The van der Waals surface area contributed by atoms with Crippen LogP contribution in [0, 0.1) is 0 Å². The Balaban J connectivity index is 1.77. The summed E-state index contributed by atoms with van der Waals surface area (Å²) in [6.45, 7) is 3.07. The number of Topliss-reactive ketones (excluding diaryl/α,β-unsaturated/α-hetero) is 1. The highest BCUT2D eigenvalue weighted by atomic mass is 16.5. The van der Waals surface area contributed by atoms with Crippen molar-refractivity contribution >= 4 is 17.5 Å². The van der Waals surface area contributed by atoms with E-state index in [-0.39, 0.29) is 11.8 Å². The molecule has 1 aromatic rings. The molecule has 0 spiro atoms. The number of hydrogen-bond donors (Lipinski definition) is 1. The number of urea groups is 1. The first-order valence-corrected chi connectivity index (χ1v) is 7.81. The molecular formula is C17H24N2O3. The summed E-state index contributed by atoms with van der Waals surface area (Å²) < 4.78 is 5.58. The van der Waals surface area contributed by atoms with Gasteiger partial charge < -0.3 is 15.0 Å². The average Bonchev–Trinajstić information content (AvgIpc) is 3.00. The zero-order valence-corrected chi connectivity index (χ0v) is 13.3. The van der Waals surface area contributed by atoms with Gasteiger partial charge in [-0.1, -0.05) is 12.1 Å². The Hall–Kier alpha value is -1.88. The van der Waals surface area contributed by atoms with E-state index >= 15 is 0 Å². The predicted molar refractivity (Wildman–Crippen MR) is 86.3 cm³/mol. The molecule has 5 heteroatoms. The molecule has 1 N–H and O–H groups in total. The molecule has 2 amide bonds. The van der Waals surface area contributed by atoms with Crippen LogP contribution in [0.1, 0.15) is 43.0 Å². The van der Waals surface area contributed by atoms with Crippen LogP contribution >= 0.6 is 0 Å². The number of carbonyl (C=O) groups is 2. The molecule has 2 rings (SSSR count). The van der Waals surface area contributed by atoms with Crippen LogP contribution in [0.5, 0.6) is 0 Å². The minimum absolute atomic E-state index is 0.0129. The van der Waals surface area contributed by atoms with Gasteiger partial charge in [-0.3, -0.25) is 4.79 Å². The summed E-state index contributed by atoms with van der Waals surface area (Å²) in [7, 11) is 1.78. The van der Waals surface area contributed by atoms with Gasteiger partial charge in [0.15, 0.2) is 5.78 Å². The minimum Gasteiger partial charge on any atom is -0.378 e. The molecule has 22 heavy (non-hydrogen) atoms. The lowest BCUT2D eigenvalue weighted by Gasteiger charge is -2.19. The van der Waals surface area contributed by atoms with E-state index in [4.69, 9.17) is 4.74 Å². The Morgan fingerprint density at radius 3 is 2.91 bits per heavy atom. The Bertz CT molecular complexity index is 524. The fourth-order valence-electron chi connectivity index (χ4n) is 2.56. The second-order valence-corrected chi connectivity index (χ2v) is 5.77. The van der Waals surface area contributed by atoms with Crippen LogP contribution in [0.25, 0.3) is 0 Å². The van der Waals surface area contributed by atoms with E-state index < -0.39 is 0 Å². The van der Waals surface area contributed by atoms with Crippen LogP contribution in [-0.2, 0) is 4.74 Å². The third-order valence-corrected chi connectivity index (χ3v) is 3.91. The topological polar surface area (TPSA) is 58.6 Å². The Morgan fingerprint density at radius 1 is 1.41 bits per heavy atom. The summed E-state index contributed by atoms with van der Waals surface area (Å²) >= 11 is 0. The van der Waals surface area contributed by atoms with Crippen molar-refractivity contribution in [2.45, 2.75) is 38.7 Å².